The summed E-state index contributed by atoms with van der Waals surface area (Å²) < 4.78 is 12.3. The predicted octanol–water partition coefficient (Wildman–Crippen LogP) is 16.6. The van der Waals surface area contributed by atoms with Crippen LogP contribution >= 0.6 is 0 Å². The quantitative estimate of drug-likeness (QED) is 0.0383. The Morgan fingerprint density at radius 1 is 0.701 bits per heavy atom. The van der Waals surface area contributed by atoms with Crippen LogP contribution in [0.25, 0.3) is 0 Å². The number of fused-ring (bicyclic) bond motifs is 5. The third kappa shape index (κ3) is 18.8. The first-order chi connectivity index (χ1) is 32.4. The van der Waals surface area contributed by atoms with Crippen molar-refractivity contribution in [2.24, 2.45) is 52.3 Å². The van der Waals surface area contributed by atoms with Crippen molar-refractivity contribution in [1.29, 1.82) is 0 Å². The van der Waals surface area contributed by atoms with Gasteiger partial charge >= 0.3 is 11.9 Å². The molecule has 388 valence electrons. The molecule has 0 aliphatic heterocycles. The number of carbonyl (C=O) groups is 2. The number of carbonyl (C=O) groups excluding carboxylic acids is 2. The maximum atomic E-state index is 13.2. The van der Waals surface area contributed by atoms with Crippen molar-refractivity contribution in [1.82, 2.24) is 4.90 Å². The smallest absolute Gasteiger partial charge is 0.306 e. The Morgan fingerprint density at radius 3 is 1.96 bits per heavy atom. The number of esters is 2. The Bertz CT molecular complexity index is 1420. The third-order valence-electron chi connectivity index (χ3n) is 18.5. The number of hydrogen-bond donors (Lipinski definition) is 1. The first kappa shape index (κ1) is 57.9. The van der Waals surface area contributed by atoms with Crippen LogP contribution in [-0.4, -0.2) is 60.4 Å². The van der Waals surface area contributed by atoms with E-state index >= 15 is 0 Å². The summed E-state index contributed by atoms with van der Waals surface area (Å²) in [7, 11) is 0. The van der Waals surface area contributed by atoms with Crippen LogP contribution in [0.5, 0.6) is 0 Å². The van der Waals surface area contributed by atoms with E-state index in [1.807, 2.05) is 0 Å². The zero-order valence-corrected chi connectivity index (χ0v) is 45.4. The average Bonchev–Trinajstić information content (AvgIpc) is 3.67. The van der Waals surface area contributed by atoms with E-state index in [2.05, 4.69) is 78.5 Å². The molecule has 0 bridgehead atoms. The Kier molecular flexibility index (Phi) is 27.3. The number of nitrogens with zero attached hydrogens (tertiary/aromatic N) is 1. The highest BCUT2D eigenvalue weighted by atomic mass is 16.5. The number of ether oxygens (including phenoxy) is 2. The van der Waals surface area contributed by atoms with E-state index in [1.165, 1.54) is 103 Å². The van der Waals surface area contributed by atoms with Crippen molar-refractivity contribution in [2.45, 2.75) is 273 Å². The van der Waals surface area contributed by atoms with Gasteiger partial charge in [0.15, 0.2) is 0 Å². The van der Waals surface area contributed by atoms with Crippen molar-refractivity contribution in [3.8, 4) is 0 Å². The summed E-state index contributed by atoms with van der Waals surface area (Å²) in [4.78, 5) is 28.6. The minimum absolute atomic E-state index is 0.000812. The lowest BCUT2D eigenvalue weighted by Gasteiger charge is -2.58. The van der Waals surface area contributed by atoms with Gasteiger partial charge in [0.05, 0.1) is 0 Å². The monoisotopic (exact) mass is 936 g/mol. The fourth-order valence-electron chi connectivity index (χ4n) is 14.1. The number of allylic oxidation sites excluding steroid dienone is 3. The van der Waals surface area contributed by atoms with Crippen LogP contribution < -0.4 is 0 Å². The van der Waals surface area contributed by atoms with E-state index in [0.717, 1.165) is 133 Å². The molecule has 6 nitrogen and oxygen atoms in total. The van der Waals surface area contributed by atoms with Crippen molar-refractivity contribution in [3.63, 3.8) is 0 Å². The normalized spacial score (nSPS) is 27.4. The van der Waals surface area contributed by atoms with E-state index in [0.29, 0.717) is 36.0 Å². The molecule has 0 saturated heterocycles. The third-order valence-corrected chi connectivity index (χ3v) is 18.5. The van der Waals surface area contributed by atoms with Crippen molar-refractivity contribution in [2.75, 3.05) is 26.2 Å². The zero-order valence-electron chi connectivity index (χ0n) is 45.4. The fraction of sp³-hybridized carbons (Fsp3) is 0.902. The van der Waals surface area contributed by atoms with Gasteiger partial charge in [-0.1, -0.05) is 150 Å². The summed E-state index contributed by atoms with van der Waals surface area (Å²) >= 11 is 0. The van der Waals surface area contributed by atoms with Gasteiger partial charge in [0.2, 0.25) is 0 Å². The topological polar surface area (TPSA) is 76.1 Å². The Balaban J connectivity index is 1.12. The summed E-state index contributed by atoms with van der Waals surface area (Å²) in [6.07, 6.45) is 43.8. The molecule has 0 heterocycles. The molecule has 0 spiro atoms. The van der Waals surface area contributed by atoms with Crippen molar-refractivity contribution in [3.05, 3.63) is 23.8 Å². The largest absolute Gasteiger partial charge is 0.462 e. The van der Waals surface area contributed by atoms with Crippen LogP contribution in [0.1, 0.15) is 261 Å². The lowest BCUT2D eigenvalue weighted by Crippen LogP contribution is -2.51. The fourth-order valence-corrected chi connectivity index (χ4v) is 14.1. The molecule has 0 aromatic carbocycles. The summed E-state index contributed by atoms with van der Waals surface area (Å²) in [6, 6.07) is 0. The first-order valence-corrected chi connectivity index (χ1v) is 29.5. The highest BCUT2D eigenvalue weighted by Gasteiger charge is 2.59. The number of unbranched alkanes of at least 4 members (excludes halogenated alkanes) is 14. The van der Waals surface area contributed by atoms with Gasteiger partial charge < -0.3 is 19.5 Å². The van der Waals surface area contributed by atoms with Crippen molar-refractivity contribution < 1.29 is 24.2 Å². The molecule has 2 unspecified atom stereocenters. The van der Waals surface area contributed by atoms with Gasteiger partial charge in [-0.2, -0.15) is 0 Å². The summed E-state index contributed by atoms with van der Waals surface area (Å²) in [5.41, 5.74) is 2.33. The molecule has 0 radical (unpaired) electrons. The number of rotatable bonds is 36. The molecular formula is C61H109NO5. The minimum Gasteiger partial charge on any atom is -0.462 e. The SMILES string of the molecule is CCCCCCCCC(CCCCCC)OC(=O)CCCCCCN(CCCCO)CCCCCC(=O)O[C@H]1CC[C@@]2(C)C(=CC[C@H]3[C@@H]4CC[C@H]([C@H](C)/C=C/C(CC)C(C)C)[C@@]4(C)CC[C@@H]32)C1. The maximum Gasteiger partial charge on any atom is 0.306 e. The predicted molar refractivity (Wildman–Crippen MR) is 283 cm³/mol. The molecule has 10 atom stereocenters. The van der Waals surface area contributed by atoms with Gasteiger partial charge in [0.25, 0.3) is 0 Å². The molecule has 0 aromatic heterocycles. The van der Waals surface area contributed by atoms with E-state index in [1.54, 1.807) is 5.57 Å². The highest BCUT2D eigenvalue weighted by Crippen LogP contribution is 2.67. The summed E-state index contributed by atoms with van der Waals surface area (Å²) in [5, 5.41) is 9.43. The molecule has 0 amide bonds. The molecule has 3 fully saturated rings. The minimum atomic E-state index is -0.000812. The lowest BCUT2D eigenvalue weighted by atomic mass is 9.47. The van der Waals surface area contributed by atoms with Gasteiger partial charge in [-0.3, -0.25) is 9.59 Å². The van der Waals surface area contributed by atoms with Crippen molar-refractivity contribution >= 4 is 11.9 Å². The number of aliphatic hydroxyl groups excluding tert-OH is 1. The molecule has 3 saturated carbocycles. The van der Waals surface area contributed by atoms with E-state index in [4.69, 9.17) is 9.47 Å². The van der Waals surface area contributed by atoms with E-state index in [-0.39, 0.29) is 36.2 Å². The molecule has 4 aliphatic rings. The van der Waals surface area contributed by atoms with E-state index < -0.39 is 0 Å². The Hall–Kier alpha value is -1.66. The molecule has 4 aliphatic carbocycles. The second kappa shape index (κ2) is 31.6. The first-order valence-electron chi connectivity index (χ1n) is 29.5. The molecule has 0 aromatic rings. The van der Waals surface area contributed by atoms with Gasteiger partial charge in [-0.15, -0.1) is 0 Å². The average molecular weight is 937 g/mol. The molecule has 1 N–H and O–H groups in total. The van der Waals surface area contributed by atoms with Crippen LogP contribution in [-0.2, 0) is 19.1 Å². The molecule has 67 heavy (non-hydrogen) atoms. The van der Waals surface area contributed by atoms with Crippen LogP contribution in [0, 0.1) is 52.3 Å². The zero-order chi connectivity index (χ0) is 48.5. The van der Waals surface area contributed by atoms with Gasteiger partial charge in [0.1, 0.15) is 12.2 Å². The molecule has 6 heteroatoms. The molecular weight excluding hydrogens is 827 g/mol. The van der Waals surface area contributed by atoms with Gasteiger partial charge in [-0.25, -0.2) is 0 Å². The van der Waals surface area contributed by atoms with Crippen LogP contribution in [0.2, 0.25) is 0 Å². The summed E-state index contributed by atoms with van der Waals surface area (Å²) in [5.74, 6) is 5.30. The van der Waals surface area contributed by atoms with Gasteiger partial charge in [-0.05, 0) is 187 Å². The lowest BCUT2D eigenvalue weighted by molar-refractivity contribution is -0.152. The Morgan fingerprint density at radius 2 is 1.30 bits per heavy atom. The van der Waals surface area contributed by atoms with Crippen LogP contribution in [0.3, 0.4) is 0 Å². The van der Waals surface area contributed by atoms with Gasteiger partial charge in [0, 0.05) is 25.9 Å². The molecule has 4 rings (SSSR count). The standard InChI is InChI=1S/C61H109NO5/c1-9-12-14-16-17-22-30-52(29-21-15-13-10-2)66-58(64)31-23-18-19-25-43-62(45-27-28-46-63)44-26-20-24-32-59(65)67-53-39-41-60(7)51(47-53)35-36-54-56-38-37-55(61(56,8)42-40-57(54)60)49(6)33-34-50(11-3)48(4)5/h33-35,48-50,52-57,63H,9-32,36-47H2,1-8H3/b34-33+/t49-,50?,52?,53+,54+,55-,56+,57+,60+,61-/m1/s1. The maximum absolute atomic E-state index is 13.2. The second-order valence-electron chi connectivity index (χ2n) is 23.7. The summed E-state index contributed by atoms with van der Waals surface area (Å²) in [6.45, 7) is 22.7. The highest BCUT2D eigenvalue weighted by molar-refractivity contribution is 5.69. The van der Waals surface area contributed by atoms with Crippen LogP contribution in [0.4, 0.5) is 0 Å². The van der Waals surface area contributed by atoms with Crippen LogP contribution in [0.15, 0.2) is 23.8 Å². The number of hydrogen-bond acceptors (Lipinski definition) is 6. The number of aliphatic hydroxyl groups is 1. The Labute approximate surface area is 414 Å². The second-order valence-corrected chi connectivity index (χ2v) is 23.7. The van der Waals surface area contributed by atoms with E-state index in [9.17, 15) is 14.7 Å².